The van der Waals surface area contributed by atoms with Gasteiger partial charge in [0.25, 0.3) is 5.91 Å². The van der Waals surface area contributed by atoms with E-state index in [9.17, 15) is 24.9 Å². The summed E-state index contributed by atoms with van der Waals surface area (Å²) >= 11 is 0.901. The molecule has 0 bridgehead atoms. The van der Waals surface area contributed by atoms with Gasteiger partial charge in [-0.05, 0) is 18.2 Å². The summed E-state index contributed by atoms with van der Waals surface area (Å²) in [6, 6.07) is 4.96. The fourth-order valence-electron chi connectivity index (χ4n) is 3.15. The van der Waals surface area contributed by atoms with E-state index in [4.69, 9.17) is 4.74 Å². The second kappa shape index (κ2) is 6.60. The van der Waals surface area contributed by atoms with Crippen molar-refractivity contribution in [2.24, 2.45) is 0 Å². The van der Waals surface area contributed by atoms with E-state index in [0.29, 0.717) is 34.0 Å². The molecule has 2 aliphatic heterocycles. The SMILES string of the molecule is CN1CC[C@@](O)(C#Cc2ccc3c(c2)-c2nc(C(=O)O)sc2C(O)CO3)C1=O. The number of likely N-dealkylation sites (N-methyl/N-ethyl adjacent to an activating group) is 1. The number of hydrogen-bond acceptors (Lipinski definition) is 7. The van der Waals surface area contributed by atoms with Crippen LogP contribution in [0.2, 0.25) is 0 Å². The number of rotatable bonds is 1. The molecule has 1 saturated heterocycles. The highest BCUT2D eigenvalue weighted by Crippen LogP contribution is 2.41. The Labute approximate surface area is 164 Å². The van der Waals surface area contributed by atoms with Crippen molar-refractivity contribution in [1.29, 1.82) is 0 Å². The lowest BCUT2D eigenvalue weighted by Crippen LogP contribution is -2.37. The summed E-state index contributed by atoms with van der Waals surface area (Å²) in [4.78, 5) is 29.3. The van der Waals surface area contributed by atoms with Gasteiger partial charge in [-0.2, -0.15) is 0 Å². The minimum absolute atomic E-state index is 0.0210. The molecule has 1 unspecified atom stereocenters. The standard InChI is InChI=1S/C19H16N2O6S/c1-21-7-6-19(26,18(21)25)5-4-10-2-3-13-11(8-10)14-15(12(22)9-27-13)28-16(20-14)17(23)24/h2-3,8,12,22,26H,6-7,9H2,1H3,(H,23,24)/t12?,19-/m0/s1. The number of thiazole rings is 1. The van der Waals surface area contributed by atoms with Crippen LogP contribution in [0.3, 0.4) is 0 Å². The normalized spacial score (nSPS) is 23.2. The number of carboxylic acids is 1. The third-order valence-corrected chi connectivity index (χ3v) is 5.84. The third kappa shape index (κ3) is 3.01. The number of aromatic carboxylic acids is 1. The van der Waals surface area contributed by atoms with Crippen LogP contribution in [0.5, 0.6) is 5.75 Å². The van der Waals surface area contributed by atoms with Gasteiger partial charge in [0.1, 0.15) is 18.5 Å². The van der Waals surface area contributed by atoms with E-state index in [0.717, 1.165) is 11.3 Å². The van der Waals surface area contributed by atoms with Crippen molar-refractivity contribution in [3.05, 3.63) is 33.6 Å². The Morgan fingerprint density at radius 3 is 2.93 bits per heavy atom. The molecule has 0 saturated carbocycles. The Hall–Kier alpha value is -2.93. The average molecular weight is 400 g/mol. The Morgan fingerprint density at radius 2 is 2.25 bits per heavy atom. The van der Waals surface area contributed by atoms with Crippen LogP contribution < -0.4 is 4.74 Å². The Bertz CT molecular complexity index is 1050. The lowest BCUT2D eigenvalue weighted by atomic mass is 10.0. The monoisotopic (exact) mass is 400 g/mol. The van der Waals surface area contributed by atoms with Crippen LogP contribution in [0.1, 0.15) is 32.8 Å². The van der Waals surface area contributed by atoms with Crippen molar-refractivity contribution in [1.82, 2.24) is 9.88 Å². The molecule has 1 aromatic heterocycles. The summed E-state index contributed by atoms with van der Waals surface area (Å²) in [5.74, 6) is 4.30. The van der Waals surface area contributed by atoms with E-state index in [1.807, 2.05) is 0 Å². The molecule has 2 aromatic rings. The molecule has 1 aromatic carbocycles. The van der Waals surface area contributed by atoms with E-state index >= 15 is 0 Å². The fraction of sp³-hybridized carbons (Fsp3) is 0.316. The highest BCUT2D eigenvalue weighted by atomic mass is 32.1. The van der Waals surface area contributed by atoms with Crippen molar-refractivity contribution in [3.63, 3.8) is 0 Å². The molecule has 0 radical (unpaired) electrons. The number of aliphatic hydroxyl groups is 2. The van der Waals surface area contributed by atoms with Crippen LogP contribution in [0, 0.1) is 11.8 Å². The quantitative estimate of drug-likeness (QED) is 0.608. The van der Waals surface area contributed by atoms with Gasteiger partial charge in [-0.3, -0.25) is 4.79 Å². The van der Waals surface area contributed by atoms with Gasteiger partial charge in [-0.15, -0.1) is 11.3 Å². The summed E-state index contributed by atoms with van der Waals surface area (Å²) in [6.07, 6.45) is -0.761. The van der Waals surface area contributed by atoms with E-state index in [1.165, 1.54) is 4.90 Å². The van der Waals surface area contributed by atoms with E-state index in [-0.39, 0.29) is 18.0 Å². The predicted molar refractivity (Wildman–Crippen MR) is 99.0 cm³/mol. The van der Waals surface area contributed by atoms with Gasteiger partial charge in [0, 0.05) is 31.1 Å². The van der Waals surface area contributed by atoms with Crippen molar-refractivity contribution < 1.29 is 29.6 Å². The molecule has 144 valence electrons. The van der Waals surface area contributed by atoms with Gasteiger partial charge in [0.15, 0.2) is 0 Å². The van der Waals surface area contributed by atoms with Gasteiger partial charge >= 0.3 is 5.97 Å². The molecule has 0 aliphatic carbocycles. The Balaban J connectivity index is 1.76. The van der Waals surface area contributed by atoms with Crippen LogP contribution >= 0.6 is 11.3 Å². The first-order chi connectivity index (χ1) is 13.3. The molecule has 3 heterocycles. The van der Waals surface area contributed by atoms with Crippen molar-refractivity contribution in [3.8, 4) is 28.8 Å². The number of benzene rings is 1. The van der Waals surface area contributed by atoms with E-state index < -0.39 is 23.6 Å². The van der Waals surface area contributed by atoms with Gasteiger partial charge in [-0.25, -0.2) is 9.78 Å². The molecule has 9 heteroatoms. The summed E-state index contributed by atoms with van der Waals surface area (Å²) in [7, 11) is 1.61. The number of fused-ring (bicyclic) bond motifs is 3. The number of likely N-dealkylation sites (tertiary alicyclic amines) is 1. The second-order valence-electron chi connectivity index (χ2n) is 6.66. The van der Waals surface area contributed by atoms with Crippen LogP contribution in [0.25, 0.3) is 11.3 Å². The van der Waals surface area contributed by atoms with Crippen molar-refractivity contribution >= 4 is 23.2 Å². The average Bonchev–Trinajstić information content (AvgIpc) is 3.20. The molecule has 0 spiro atoms. The second-order valence-corrected chi connectivity index (χ2v) is 7.69. The van der Waals surface area contributed by atoms with E-state index in [1.54, 1.807) is 25.2 Å². The minimum Gasteiger partial charge on any atom is -0.490 e. The minimum atomic E-state index is -1.71. The van der Waals surface area contributed by atoms with Gasteiger partial charge in [0.2, 0.25) is 10.6 Å². The summed E-state index contributed by atoms with van der Waals surface area (Å²) in [5, 5.41) is 29.8. The first-order valence-corrected chi connectivity index (χ1v) is 9.30. The molecule has 28 heavy (non-hydrogen) atoms. The largest absolute Gasteiger partial charge is 0.490 e. The van der Waals surface area contributed by atoms with Crippen LogP contribution in [-0.2, 0) is 4.79 Å². The zero-order valence-corrected chi connectivity index (χ0v) is 15.6. The number of carboxylic acid groups (broad SMARTS) is 1. The zero-order chi connectivity index (χ0) is 20.1. The third-order valence-electron chi connectivity index (χ3n) is 4.69. The molecule has 8 nitrogen and oxygen atoms in total. The Morgan fingerprint density at radius 1 is 1.46 bits per heavy atom. The van der Waals surface area contributed by atoms with Crippen LogP contribution in [-0.4, -0.2) is 62.9 Å². The summed E-state index contributed by atoms with van der Waals surface area (Å²) in [6.45, 7) is 0.410. The number of carbonyl (C=O) groups excluding carboxylic acids is 1. The topological polar surface area (TPSA) is 120 Å². The maximum Gasteiger partial charge on any atom is 0.365 e. The predicted octanol–water partition coefficient (Wildman–Crippen LogP) is 0.879. The van der Waals surface area contributed by atoms with Crippen molar-refractivity contribution in [2.75, 3.05) is 20.2 Å². The zero-order valence-electron chi connectivity index (χ0n) is 14.8. The van der Waals surface area contributed by atoms with Gasteiger partial charge in [0.05, 0.1) is 10.6 Å². The Kier molecular flexibility index (Phi) is 4.34. The maximum absolute atomic E-state index is 12.1. The fourth-order valence-corrected chi connectivity index (χ4v) is 4.04. The highest BCUT2D eigenvalue weighted by Gasteiger charge is 2.42. The summed E-state index contributed by atoms with van der Waals surface area (Å²) < 4.78 is 5.60. The molecule has 1 fully saturated rings. The first-order valence-electron chi connectivity index (χ1n) is 8.49. The van der Waals surface area contributed by atoms with Crippen LogP contribution in [0.4, 0.5) is 0 Å². The number of hydrogen-bond donors (Lipinski definition) is 3. The lowest BCUT2D eigenvalue weighted by molar-refractivity contribution is -0.137. The van der Waals surface area contributed by atoms with Gasteiger partial charge < -0.3 is 25.0 Å². The maximum atomic E-state index is 12.1. The number of aromatic nitrogens is 1. The van der Waals surface area contributed by atoms with E-state index in [2.05, 4.69) is 16.8 Å². The first kappa shape index (κ1) is 18.4. The smallest absolute Gasteiger partial charge is 0.365 e. The number of nitrogens with zero attached hydrogens (tertiary/aromatic N) is 2. The molecule has 2 aliphatic rings. The molecule has 4 rings (SSSR count). The number of ether oxygens (including phenoxy) is 1. The molecule has 1 amide bonds. The number of carbonyl (C=O) groups is 2. The molecule has 2 atom stereocenters. The lowest BCUT2D eigenvalue weighted by Gasteiger charge is -2.13. The van der Waals surface area contributed by atoms with Gasteiger partial charge in [-0.1, -0.05) is 11.8 Å². The summed E-state index contributed by atoms with van der Waals surface area (Å²) in [5.41, 5.74) is -0.369. The van der Waals surface area contributed by atoms with Crippen LogP contribution in [0.15, 0.2) is 18.2 Å². The van der Waals surface area contributed by atoms with Crippen molar-refractivity contribution in [2.45, 2.75) is 18.1 Å². The number of aliphatic hydroxyl groups excluding tert-OH is 1. The molecular weight excluding hydrogens is 384 g/mol. The molecular formula is C19H16N2O6S. The molecule has 3 N–H and O–H groups in total. The highest BCUT2D eigenvalue weighted by molar-refractivity contribution is 7.14. The number of amides is 1.